The van der Waals surface area contributed by atoms with Crippen LogP contribution in [0, 0.1) is 12.8 Å². The number of likely N-dealkylation sites (tertiary alicyclic amines) is 1. The Hall–Kier alpha value is -2.48. The molecule has 156 valence electrons. The molecule has 3 rings (SSSR count). The zero-order chi connectivity index (χ0) is 21.0. The molecule has 8 heteroatoms. The minimum Gasteiger partial charge on any atom is -0.444 e. The van der Waals surface area contributed by atoms with Crippen molar-refractivity contribution in [1.29, 1.82) is 0 Å². The Morgan fingerprint density at radius 1 is 1.34 bits per heavy atom. The number of carbonyl (C=O) groups is 2. The molecule has 1 saturated heterocycles. The van der Waals surface area contributed by atoms with Gasteiger partial charge in [0.15, 0.2) is 0 Å². The molecule has 1 aliphatic rings. The number of nitrogens with zero attached hydrogens (tertiary/aromatic N) is 3. The Kier molecular flexibility index (Phi) is 6.52. The quantitative estimate of drug-likeness (QED) is 0.820. The second kappa shape index (κ2) is 8.90. The average molecular weight is 417 g/mol. The van der Waals surface area contributed by atoms with Crippen LogP contribution in [0.4, 0.5) is 4.79 Å². The summed E-state index contributed by atoms with van der Waals surface area (Å²) < 4.78 is 5.43. The van der Waals surface area contributed by atoms with Crippen molar-refractivity contribution in [1.82, 2.24) is 20.2 Å². The molecule has 2 aromatic heterocycles. The summed E-state index contributed by atoms with van der Waals surface area (Å²) in [6.07, 6.45) is 3.01. The highest BCUT2D eigenvalue weighted by Crippen LogP contribution is 2.22. The van der Waals surface area contributed by atoms with E-state index in [0.29, 0.717) is 19.6 Å². The van der Waals surface area contributed by atoms with E-state index in [9.17, 15) is 9.59 Å². The van der Waals surface area contributed by atoms with Gasteiger partial charge >= 0.3 is 6.09 Å². The topological polar surface area (TPSA) is 84.4 Å². The number of rotatable bonds is 4. The first-order chi connectivity index (χ1) is 13.7. The Balaban J connectivity index is 1.53. The first-order valence-corrected chi connectivity index (χ1v) is 10.7. The highest BCUT2D eigenvalue weighted by Gasteiger charge is 2.31. The number of thiazole rings is 1. The number of hydrogen-bond donors (Lipinski definition) is 1. The van der Waals surface area contributed by atoms with Gasteiger partial charge < -0.3 is 15.0 Å². The van der Waals surface area contributed by atoms with Crippen molar-refractivity contribution in [3.63, 3.8) is 0 Å². The fourth-order valence-corrected chi connectivity index (χ4v) is 3.88. The maximum Gasteiger partial charge on any atom is 0.410 e. The molecule has 0 spiro atoms. The third-order valence-electron chi connectivity index (χ3n) is 4.62. The lowest BCUT2D eigenvalue weighted by Gasteiger charge is -2.33. The predicted octanol–water partition coefficient (Wildman–Crippen LogP) is 3.78. The molecule has 2 aromatic rings. The maximum absolute atomic E-state index is 12.6. The molecule has 0 saturated carbocycles. The van der Waals surface area contributed by atoms with Crippen LogP contribution < -0.4 is 5.32 Å². The number of amides is 2. The molecule has 1 atom stereocenters. The van der Waals surface area contributed by atoms with E-state index in [2.05, 4.69) is 15.3 Å². The first-order valence-electron chi connectivity index (χ1n) is 9.84. The van der Waals surface area contributed by atoms with Crippen molar-refractivity contribution in [3.05, 3.63) is 34.4 Å². The van der Waals surface area contributed by atoms with E-state index in [4.69, 9.17) is 4.74 Å². The lowest BCUT2D eigenvalue weighted by Crippen LogP contribution is -2.46. The number of carbonyl (C=O) groups excluding carboxylic acids is 2. The highest BCUT2D eigenvalue weighted by atomic mass is 32.1. The van der Waals surface area contributed by atoms with Crippen LogP contribution >= 0.6 is 11.3 Å². The second-order valence-corrected chi connectivity index (χ2v) is 9.24. The maximum atomic E-state index is 12.6. The van der Waals surface area contributed by atoms with Crippen molar-refractivity contribution in [2.45, 2.75) is 52.7 Å². The average Bonchev–Trinajstić information content (AvgIpc) is 3.14. The van der Waals surface area contributed by atoms with Crippen LogP contribution in [0.3, 0.4) is 0 Å². The molecule has 1 aliphatic heterocycles. The number of piperidine rings is 1. The van der Waals surface area contributed by atoms with E-state index in [1.54, 1.807) is 11.1 Å². The molecule has 7 nitrogen and oxygen atoms in total. The van der Waals surface area contributed by atoms with Gasteiger partial charge in [0.1, 0.15) is 10.6 Å². The third kappa shape index (κ3) is 6.00. The lowest BCUT2D eigenvalue weighted by molar-refractivity contribution is -0.126. The fourth-order valence-electron chi connectivity index (χ4n) is 3.13. The van der Waals surface area contributed by atoms with Crippen molar-refractivity contribution in [2.24, 2.45) is 5.92 Å². The Bertz CT molecular complexity index is 858. The van der Waals surface area contributed by atoms with Gasteiger partial charge in [0, 0.05) is 35.9 Å². The van der Waals surface area contributed by atoms with Gasteiger partial charge in [-0.3, -0.25) is 9.78 Å². The summed E-state index contributed by atoms with van der Waals surface area (Å²) in [6.45, 7) is 8.86. The molecule has 0 unspecified atom stereocenters. The molecule has 3 heterocycles. The van der Waals surface area contributed by atoms with Crippen LogP contribution in [-0.2, 0) is 16.1 Å². The first kappa shape index (κ1) is 21.2. The summed E-state index contributed by atoms with van der Waals surface area (Å²) >= 11 is 1.51. The van der Waals surface area contributed by atoms with Gasteiger partial charge in [0.25, 0.3) is 0 Å². The molecule has 0 aliphatic carbocycles. The van der Waals surface area contributed by atoms with Crippen LogP contribution in [0.2, 0.25) is 0 Å². The van der Waals surface area contributed by atoms with E-state index in [0.717, 1.165) is 34.8 Å². The normalized spacial score (nSPS) is 17.1. The summed E-state index contributed by atoms with van der Waals surface area (Å²) in [5.74, 6) is -0.274. The van der Waals surface area contributed by atoms with Crippen LogP contribution in [-0.4, -0.2) is 45.6 Å². The van der Waals surface area contributed by atoms with Gasteiger partial charge in [0.05, 0.1) is 18.2 Å². The van der Waals surface area contributed by atoms with Gasteiger partial charge in [-0.15, -0.1) is 11.3 Å². The minimum absolute atomic E-state index is 0.0491. The second-order valence-electron chi connectivity index (χ2n) is 8.30. The molecular formula is C21H28N4O3S. The fraction of sp³-hybridized carbons (Fsp3) is 0.524. The van der Waals surface area contributed by atoms with E-state index >= 15 is 0 Å². The molecule has 2 amide bonds. The Morgan fingerprint density at radius 3 is 2.83 bits per heavy atom. The smallest absolute Gasteiger partial charge is 0.410 e. The van der Waals surface area contributed by atoms with Crippen molar-refractivity contribution < 1.29 is 14.3 Å². The summed E-state index contributed by atoms with van der Waals surface area (Å²) in [5, 5.41) is 5.78. The van der Waals surface area contributed by atoms with E-state index in [-0.39, 0.29) is 17.9 Å². The van der Waals surface area contributed by atoms with Crippen LogP contribution in [0.15, 0.2) is 23.7 Å². The molecule has 0 bridgehead atoms. The summed E-state index contributed by atoms with van der Waals surface area (Å²) in [7, 11) is 0. The minimum atomic E-state index is -0.540. The number of aryl methyl sites for hydroxylation is 1. The van der Waals surface area contributed by atoms with Gasteiger partial charge in [-0.1, -0.05) is 0 Å². The summed E-state index contributed by atoms with van der Waals surface area (Å²) in [6, 6.07) is 3.95. The van der Waals surface area contributed by atoms with Crippen molar-refractivity contribution in [2.75, 3.05) is 13.1 Å². The van der Waals surface area contributed by atoms with Crippen LogP contribution in [0.1, 0.15) is 44.3 Å². The van der Waals surface area contributed by atoms with E-state index in [1.807, 2.05) is 45.2 Å². The Morgan fingerprint density at radius 2 is 2.14 bits per heavy atom. The number of aromatic nitrogens is 2. The van der Waals surface area contributed by atoms with Crippen LogP contribution in [0.5, 0.6) is 0 Å². The molecule has 0 radical (unpaired) electrons. The Labute approximate surface area is 175 Å². The van der Waals surface area contributed by atoms with E-state index in [1.165, 1.54) is 11.3 Å². The summed E-state index contributed by atoms with van der Waals surface area (Å²) in [4.78, 5) is 35.4. The highest BCUT2D eigenvalue weighted by molar-refractivity contribution is 7.09. The predicted molar refractivity (Wildman–Crippen MR) is 112 cm³/mol. The number of pyridine rings is 1. The van der Waals surface area contributed by atoms with Gasteiger partial charge in [-0.05, 0) is 52.7 Å². The monoisotopic (exact) mass is 416 g/mol. The zero-order valence-electron chi connectivity index (χ0n) is 17.4. The van der Waals surface area contributed by atoms with E-state index < -0.39 is 5.60 Å². The number of ether oxygens (including phenoxy) is 1. The molecular weight excluding hydrogens is 388 g/mol. The third-order valence-corrected chi connectivity index (χ3v) is 5.47. The summed E-state index contributed by atoms with van der Waals surface area (Å²) in [5.41, 5.74) is 2.25. The van der Waals surface area contributed by atoms with Gasteiger partial charge in [0.2, 0.25) is 5.91 Å². The number of nitrogens with one attached hydrogen (secondary N) is 1. The largest absolute Gasteiger partial charge is 0.444 e. The molecule has 0 aromatic carbocycles. The zero-order valence-corrected chi connectivity index (χ0v) is 18.2. The standard InChI is InChI=1S/C21H28N4O3S/c1-14-7-8-15(10-22-14)17-13-29-18(24-17)11-23-19(26)16-6-5-9-25(12-16)20(27)28-21(2,3)4/h7-8,10,13,16H,5-6,9,11-12H2,1-4H3,(H,23,26)/t16-/m0/s1. The van der Waals surface area contributed by atoms with Crippen molar-refractivity contribution in [3.8, 4) is 11.3 Å². The molecule has 1 N–H and O–H groups in total. The number of hydrogen-bond acceptors (Lipinski definition) is 6. The lowest BCUT2D eigenvalue weighted by atomic mass is 9.97. The van der Waals surface area contributed by atoms with Gasteiger partial charge in [-0.2, -0.15) is 0 Å². The van der Waals surface area contributed by atoms with Crippen molar-refractivity contribution >= 4 is 23.3 Å². The SMILES string of the molecule is Cc1ccc(-c2csc(CNC(=O)[C@H]3CCCN(C(=O)OC(C)(C)C)C3)n2)cn1. The molecule has 29 heavy (non-hydrogen) atoms. The van der Waals surface area contributed by atoms with Crippen LogP contribution in [0.25, 0.3) is 11.3 Å². The van der Waals surface area contributed by atoms with Gasteiger partial charge in [-0.25, -0.2) is 9.78 Å². The molecule has 1 fully saturated rings.